The maximum atomic E-state index is 10.6. The molecule has 0 aliphatic carbocycles. The van der Waals surface area contributed by atoms with Crippen LogP contribution in [-0.2, 0) is 20.4 Å². The largest absolute Gasteiger partial charge is 0.400 e. The SMILES string of the molecule is C.CN1C2CCC1CC(O)C2.CN1C2CCC1CC(n1cc(N)cn1)C2.CN1C2CCC1CC(n1cc([N+](=O)[O-])cn1)C2.CO.O=[N+]([O-])c1cn[nH]c1.[CH3-].[Pd]. The normalized spacial score (nSPS) is 30.1. The smallest absolute Gasteiger partial charge is 0.307 e. The molecule has 6 atom stereocenters. The number of piperidine rings is 3. The molecule has 0 aromatic carbocycles. The van der Waals surface area contributed by atoms with Crippen LogP contribution in [0.5, 0.6) is 0 Å². The van der Waals surface area contributed by atoms with Crippen molar-refractivity contribution < 1.29 is 40.5 Å². The molecule has 19 heteroatoms. The van der Waals surface area contributed by atoms with E-state index in [1.807, 2.05) is 6.20 Å². The van der Waals surface area contributed by atoms with Gasteiger partial charge in [0.25, 0.3) is 0 Å². The fourth-order valence-electron chi connectivity index (χ4n) is 9.10. The maximum absolute atomic E-state index is 10.6. The third-order valence-electron chi connectivity index (χ3n) is 12.1. The van der Waals surface area contributed by atoms with Crippen molar-refractivity contribution in [3.63, 3.8) is 0 Å². The van der Waals surface area contributed by atoms with Gasteiger partial charge in [-0.25, -0.2) is 0 Å². The Hall–Kier alpha value is -3.31. The van der Waals surface area contributed by atoms with Gasteiger partial charge in [-0.2, -0.15) is 15.3 Å². The molecule has 6 saturated heterocycles. The molecule has 0 saturated carbocycles. The Bertz CT molecular complexity index is 1530. The molecule has 3 aromatic heterocycles. The van der Waals surface area contributed by atoms with Crippen LogP contribution in [0.2, 0.25) is 0 Å². The van der Waals surface area contributed by atoms with Gasteiger partial charge in [-0.1, -0.05) is 7.43 Å². The molecule has 5 N–H and O–H groups in total. The number of aliphatic hydroxyl groups is 2. The Morgan fingerprint density at radius 2 is 1.05 bits per heavy atom. The van der Waals surface area contributed by atoms with Crippen LogP contribution in [0.1, 0.15) is 96.6 Å². The van der Waals surface area contributed by atoms with E-state index in [1.165, 1.54) is 63.8 Å². The van der Waals surface area contributed by atoms with Crippen molar-refractivity contribution in [2.24, 2.45) is 0 Å². The van der Waals surface area contributed by atoms with E-state index in [0.29, 0.717) is 36.3 Å². The maximum Gasteiger partial charge on any atom is 0.307 e. The number of hydrogen-bond donors (Lipinski definition) is 4. The van der Waals surface area contributed by atoms with Crippen molar-refractivity contribution in [3.8, 4) is 0 Å². The first-order valence-electron chi connectivity index (χ1n) is 18.4. The number of H-pyrrole nitrogens is 1. The van der Waals surface area contributed by atoms with Crippen molar-refractivity contribution >= 4 is 17.1 Å². The van der Waals surface area contributed by atoms with E-state index in [9.17, 15) is 25.3 Å². The zero-order valence-electron chi connectivity index (χ0n) is 32.0. The predicted molar refractivity (Wildman–Crippen MR) is 208 cm³/mol. The first-order valence-corrected chi connectivity index (χ1v) is 18.4. The first kappa shape index (κ1) is 47.8. The number of nitrogens with one attached hydrogen (secondary N) is 1. The summed E-state index contributed by atoms with van der Waals surface area (Å²) in [4.78, 5) is 27.0. The molecule has 6 bridgehead atoms. The molecular weight excluding hydrogens is 803 g/mol. The Balaban J connectivity index is 0.000000254. The quantitative estimate of drug-likeness (QED) is 0.123. The Labute approximate surface area is 338 Å². The Kier molecular flexibility index (Phi) is 19.0. The van der Waals surface area contributed by atoms with Gasteiger partial charge in [-0.3, -0.25) is 34.7 Å². The van der Waals surface area contributed by atoms with Gasteiger partial charge in [0.1, 0.15) is 18.6 Å². The van der Waals surface area contributed by atoms with E-state index in [2.05, 4.69) is 60.9 Å². The van der Waals surface area contributed by atoms with Gasteiger partial charge in [0, 0.05) is 70.0 Å². The molecule has 3 aromatic rings. The third kappa shape index (κ3) is 11.9. The van der Waals surface area contributed by atoms with Crippen molar-refractivity contribution in [3.05, 3.63) is 64.8 Å². The second kappa shape index (κ2) is 21.8. The third-order valence-corrected chi connectivity index (χ3v) is 12.1. The average molecular weight is 866 g/mol. The van der Waals surface area contributed by atoms with Gasteiger partial charge in [0.05, 0.1) is 46.1 Å². The van der Waals surface area contributed by atoms with E-state index in [4.69, 9.17) is 10.8 Å². The van der Waals surface area contributed by atoms with Crippen molar-refractivity contribution in [2.75, 3.05) is 34.0 Å². The van der Waals surface area contributed by atoms with Crippen LogP contribution in [0.3, 0.4) is 0 Å². The van der Waals surface area contributed by atoms with E-state index in [1.54, 1.807) is 17.1 Å². The van der Waals surface area contributed by atoms with Crippen LogP contribution in [0.25, 0.3) is 0 Å². The van der Waals surface area contributed by atoms with Crippen LogP contribution in [-0.4, -0.2) is 135 Å². The predicted octanol–water partition coefficient (Wildman–Crippen LogP) is 4.47. The summed E-state index contributed by atoms with van der Waals surface area (Å²) in [5.41, 5.74) is 6.57. The summed E-state index contributed by atoms with van der Waals surface area (Å²) in [5, 5.41) is 51.0. The van der Waals surface area contributed by atoms with Gasteiger partial charge in [-0.05, 0) is 98.2 Å². The number of anilines is 1. The van der Waals surface area contributed by atoms with E-state index < -0.39 is 4.92 Å². The van der Waals surface area contributed by atoms with Crippen LogP contribution < -0.4 is 5.73 Å². The molecule has 18 nitrogen and oxygen atoms in total. The number of aromatic amines is 1. The summed E-state index contributed by atoms with van der Waals surface area (Å²) < 4.78 is 3.85. The monoisotopic (exact) mass is 865 g/mol. The number of rotatable bonds is 4. The second-order valence-electron chi connectivity index (χ2n) is 14.9. The molecule has 9 heterocycles. The van der Waals surface area contributed by atoms with Crippen LogP contribution >= 0.6 is 0 Å². The Morgan fingerprint density at radius 3 is 1.36 bits per heavy atom. The topological polar surface area (TPSA) is 227 Å². The zero-order chi connectivity index (χ0) is 37.5. The minimum Gasteiger partial charge on any atom is -0.400 e. The minimum atomic E-state index is -0.510. The summed E-state index contributed by atoms with van der Waals surface area (Å²) in [6.07, 6.45) is 23.4. The number of fused-ring (bicyclic) bond motifs is 6. The number of nitro groups is 2. The molecule has 6 aliphatic heterocycles. The van der Waals surface area contributed by atoms with Crippen LogP contribution in [0.4, 0.5) is 17.1 Å². The molecule has 6 aliphatic rings. The molecule has 0 spiro atoms. The van der Waals surface area contributed by atoms with E-state index in [0.717, 1.165) is 56.8 Å². The fourth-order valence-corrected chi connectivity index (χ4v) is 9.10. The summed E-state index contributed by atoms with van der Waals surface area (Å²) in [5.74, 6) is 0. The van der Waals surface area contributed by atoms with Crippen molar-refractivity contribution in [2.45, 2.75) is 139 Å². The Morgan fingerprint density at radius 1 is 0.673 bits per heavy atom. The zero-order valence-corrected chi connectivity index (χ0v) is 33.6. The van der Waals surface area contributed by atoms with Gasteiger partial charge < -0.3 is 38.1 Å². The van der Waals surface area contributed by atoms with Crippen LogP contribution in [0, 0.1) is 27.7 Å². The van der Waals surface area contributed by atoms with E-state index >= 15 is 0 Å². The van der Waals surface area contributed by atoms with Crippen molar-refractivity contribution in [1.82, 2.24) is 44.5 Å². The summed E-state index contributed by atoms with van der Waals surface area (Å²) >= 11 is 0. The second-order valence-corrected chi connectivity index (χ2v) is 14.9. The number of aliphatic hydroxyl groups excluding tert-OH is 2. The molecule has 0 radical (unpaired) electrons. The summed E-state index contributed by atoms with van der Waals surface area (Å²) in [6.45, 7) is 0. The minimum absolute atomic E-state index is 0. The number of nitrogens with zero attached hydrogens (tertiary/aromatic N) is 10. The number of nitrogen functional groups attached to an aromatic ring is 1. The first-order chi connectivity index (χ1) is 25.0. The molecular formula is C36H63N12O6Pd-. The molecule has 55 heavy (non-hydrogen) atoms. The molecule has 314 valence electrons. The van der Waals surface area contributed by atoms with E-state index in [-0.39, 0.29) is 57.7 Å². The average Bonchev–Trinajstić information content (AvgIpc) is 3.99. The van der Waals surface area contributed by atoms with Gasteiger partial charge >= 0.3 is 11.4 Å². The summed E-state index contributed by atoms with van der Waals surface area (Å²) in [7, 11) is 7.63. The summed E-state index contributed by atoms with van der Waals surface area (Å²) in [6, 6.07) is 5.05. The van der Waals surface area contributed by atoms with Gasteiger partial charge in [0.15, 0.2) is 0 Å². The molecule has 6 fully saturated rings. The van der Waals surface area contributed by atoms with Crippen LogP contribution in [0.15, 0.2) is 37.2 Å². The standard InChI is InChI=1S/C11H16N4O2.C11H18N4.C8H15NO.C3H3N3O2.CH4O.CH4.CH3.Pd/c1-13-8-2-3-9(13)5-10(4-8)14-7-11(6-12-14)15(16)17;1-14-9-2-3-10(14)5-11(4-9)15-7-8(12)6-13-15;1-9-6-2-3-7(9)5-8(10)4-6;7-6(8)3-1-4-5-2-3;1-2;;;/h6-10H,2-5H2,1H3;6-7,9-11H,2-5,12H2,1H3;6-8,10H,2-5H2,1H3;1-2H,(H,4,5);2H,1H3;1H4;1H3;/q;;;;;;-1;. The molecule has 0 amide bonds. The molecule has 6 unspecified atom stereocenters. The fraction of sp³-hybridized carbons (Fsp3) is 0.722. The molecule has 9 rings (SSSR count). The van der Waals surface area contributed by atoms with Crippen molar-refractivity contribution in [1.29, 1.82) is 0 Å². The number of aromatic nitrogens is 6. The van der Waals surface area contributed by atoms with Gasteiger partial charge in [0.2, 0.25) is 0 Å². The van der Waals surface area contributed by atoms with Gasteiger partial charge in [-0.15, -0.1) is 0 Å². The number of hydrogen-bond acceptors (Lipinski definition) is 13. The number of nitrogens with two attached hydrogens (primary N) is 1.